The van der Waals surface area contributed by atoms with Gasteiger partial charge in [0.25, 0.3) is 5.91 Å². The van der Waals surface area contributed by atoms with Crippen LogP contribution in [0.4, 0.5) is 0 Å². The van der Waals surface area contributed by atoms with Gasteiger partial charge in [-0.1, -0.05) is 0 Å². The molecule has 1 aromatic heterocycles. The standard InChI is InChI=1S/C16H22N2O3S2/c19-16(15-10-12-2-1-3-14(12)22-15)18-7-5-17(6-8-18)13-4-9-23(20,21)11-13/h10,13H,1-9,11H2/p+1/t13-/m0/s1. The number of hydrogen-bond donors (Lipinski definition) is 1. The molecule has 1 atom stereocenters. The predicted octanol–water partition coefficient (Wildman–Crippen LogP) is -0.235. The van der Waals surface area contributed by atoms with Gasteiger partial charge in [-0.15, -0.1) is 11.3 Å². The molecule has 2 fully saturated rings. The third kappa shape index (κ3) is 3.06. The minimum Gasteiger partial charge on any atom is -0.329 e. The van der Waals surface area contributed by atoms with Gasteiger partial charge in [-0.2, -0.15) is 0 Å². The van der Waals surface area contributed by atoms with E-state index in [1.54, 1.807) is 11.3 Å². The number of sulfone groups is 1. The van der Waals surface area contributed by atoms with Crippen LogP contribution in [0.3, 0.4) is 0 Å². The van der Waals surface area contributed by atoms with Crippen LogP contribution in [0.1, 0.15) is 33.0 Å². The first-order valence-electron chi connectivity index (χ1n) is 8.48. The maximum atomic E-state index is 12.7. The van der Waals surface area contributed by atoms with Gasteiger partial charge in [0, 0.05) is 11.3 Å². The van der Waals surface area contributed by atoms with Crippen molar-refractivity contribution in [2.45, 2.75) is 31.7 Å². The SMILES string of the molecule is O=C(c1cc2c(s1)CCC2)N1CC[NH+]([C@H]2CCS(=O)(=O)C2)CC1. The van der Waals surface area contributed by atoms with E-state index in [4.69, 9.17) is 0 Å². The Hall–Kier alpha value is -0.920. The number of quaternary nitrogens is 1. The lowest BCUT2D eigenvalue weighted by Gasteiger charge is -2.34. The van der Waals surface area contributed by atoms with Crippen molar-refractivity contribution in [2.24, 2.45) is 0 Å². The number of fused-ring (bicyclic) bond motifs is 1. The zero-order chi connectivity index (χ0) is 16.0. The average molecular weight is 356 g/mol. The molecule has 3 heterocycles. The van der Waals surface area contributed by atoms with Gasteiger partial charge in [-0.05, 0) is 30.9 Å². The smallest absolute Gasteiger partial charge is 0.264 e. The van der Waals surface area contributed by atoms with Gasteiger partial charge in [0.1, 0.15) is 11.8 Å². The van der Waals surface area contributed by atoms with Crippen LogP contribution in [0.15, 0.2) is 6.07 Å². The Bertz CT molecular complexity index is 696. The fourth-order valence-electron chi connectivity index (χ4n) is 4.11. The number of carbonyl (C=O) groups is 1. The minimum atomic E-state index is -2.82. The maximum absolute atomic E-state index is 12.7. The van der Waals surface area contributed by atoms with E-state index < -0.39 is 9.84 Å². The second-order valence-electron chi connectivity index (χ2n) is 6.96. The molecule has 0 spiro atoms. The lowest BCUT2D eigenvalue weighted by atomic mass is 10.2. The van der Waals surface area contributed by atoms with Crippen molar-refractivity contribution in [3.05, 3.63) is 21.4 Å². The topological polar surface area (TPSA) is 58.9 Å². The van der Waals surface area contributed by atoms with E-state index in [0.29, 0.717) is 11.5 Å². The zero-order valence-electron chi connectivity index (χ0n) is 13.2. The van der Waals surface area contributed by atoms with Gasteiger partial charge in [0.05, 0.1) is 36.8 Å². The van der Waals surface area contributed by atoms with Crippen molar-refractivity contribution in [1.29, 1.82) is 0 Å². The molecule has 1 aliphatic carbocycles. The van der Waals surface area contributed by atoms with Crippen LogP contribution >= 0.6 is 11.3 Å². The fraction of sp³-hybridized carbons (Fsp3) is 0.688. The van der Waals surface area contributed by atoms with E-state index in [-0.39, 0.29) is 11.9 Å². The van der Waals surface area contributed by atoms with E-state index in [1.807, 2.05) is 4.90 Å². The second kappa shape index (κ2) is 5.86. The molecular weight excluding hydrogens is 332 g/mol. The number of carbonyl (C=O) groups excluding carboxylic acids is 1. The number of thiophene rings is 1. The Morgan fingerprint density at radius 3 is 2.70 bits per heavy atom. The summed E-state index contributed by atoms with van der Waals surface area (Å²) in [6.07, 6.45) is 4.25. The Kier molecular flexibility index (Phi) is 3.98. The summed E-state index contributed by atoms with van der Waals surface area (Å²) in [5, 5.41) is 0. The van der Waals surface area contributed by atoms with Crippen LogP contribution in [0.5, 0.6) is 0 Å². The maximum Gasteiger partial charge on any atom is 0.264 e. The van der Waals surface area contributed by atoms with Gasteiger partial charge in [0.2, 0.25) is 0 Å². The number of piperazine rings is 1. The molecule has 2 saturated heterocycles. The summed E-state index contributed by atoms with van der Waals surface area (Å²) in [7, 11) is -2.82. The number of amides is 1. The Labute approximate surface area is 141 Å². The molecule has 0 unspecified atom stereocenters. The van der Waals surface area contributed by atoms with Crippen LogP contribution in [0.2, 0.25) is 0 Å². The first-order valence-corrected chi connectivity index (χ1v) is 11.1. The highest BCUT2D eigenvalue weighted by Gasteiger charge is 2.37. The van der Waals surface area contributed by atoms with Crippen molar-refractivity contribution in [3.63, 3.8) is 0 Å². The van der Waals surface area contributed by atoms with Gasteiger partial charge >= 0.3 is 0 Å². The molecule has 4 rings (SSSR count). The molecule has 23 heavy (non-hydrogen) atoms. The van der Waals surface area contributed by atoms with E-state index in [9.17, 15) is 13.2 Å². The Morgan fingerprint density at radius 2 is 2.04 bits per heavy atom. The lowest BCUT2D eigenvalue weighted by Crippen LogP contribution is -3.18. The van der Waals surface area contributed by atoms with E-state index in [2.05, 4.69) is 6.07 Å². The highest BCUT2D eigenvalue weighted by atomic mass is 32.2. The van der Waals surface area contributed by atoms with Gasteiger partial charge in [-0.3, -0.25) is 4.79 Å². The molecule has 0 bridgehead atoms. The van der Waals surface area contributed by atoms with Crippen LogP contribution in [-0.2, 0) is 22.7 Å². The van der Waals surface area contributed by atoms with Gasteiger partial charge < -0.3 is 9.80 Å². The largest absolute Gasteiger partial charge is 0.329 e. The number of rotatable bonds is 2. The van der Waals surface area contributed by atoms with Crippen molar-refractivity contribution < 1.29 is 18.1 Å². The van der Waals surface area contributed by atoms with Crippen molar-refractivity contribution in [1.82, 2.24) is 4.90 Å². The Balaban J connectivity index is 1.36. The summed E-state index contributed by atoms with van der Waals surface area (Å²) in [4.78, 5) is 18.3. The number of nitrogens with zero attached hydrogens (tertiary/aromatic N) is 1. The van der Waals surface area contributed by atoms with Crippen molar-refractivity contribution >= 4 is 27.1 Å². The number of aryl methyl sites for hydroxylation is 2. The fourth-order valence-corrected chi connectivity index (χ4v) is 7.16. The third-order valence-electron chi connectivity index (χ3n) is 5.46. The molecule has 126 valence electrons. The molecule has 2 aliphatic heterocycles. The van der Waals surface area contributed by atoms with Crippen LogP contribution < -0.4 is 4.90 Å². The molecule has 1 amide bonds. The molecule has 0 aromatic carbocycles. The summed E-state index contributed by atoms with van der Waals surface area (Å²) in [6.45, 7) is 3.23. The summed E-state index contributed by atoms with van der Waals surface area (Å²) in [6, 6.07) is 2.33. The molecule has 7 heteroatoms. The van der Waals surface area contributed by atoms with E-state index in [1.165, 1.54) is 21.8 Å². The minimum absolute atomic E-state index is 0.169. The molecule has 3 aliphatic rings. The summed E-state index contributed by atoms with van der Waals surface area (Å²) < 4.78 is 23.3. The van der Waals surface area contributed by atoms with Crippen LogP contribution in [-0.4, -0.2) is 63.0 Å². The van der Waals surface area contributed by atoms with Crippen molar-refractivity contribution in [3.8, 4) is 0 Å². The third-order valence-corrected chi connectivity index (χ3v) is 8.45. The highest BCUT2D eigenvalue weighted by molar-refractivity contribution is 7.91. The second-order valence-corrected chi connectivity index (χ2v) is 10.3. The first kappa shape index (κ1) is 15.6. The normalized spacial score (nSPS) is 27.3. The molecular formula is C16H23N2O3S2+. The number of hydrogen-bond acceptors (Lipinski definition) is 4. The molecule has 0 radical (unpaired) electrons. The van der Waals surface area contributed by atoms with Gasteiger partial charge in [-0.25, -0.2) is 8.42 Å². The van der Waals surface area contributed by atoms with Gasteiger partial charge in [0.15, 0.2) is 9.84 Å². The highest BCUT2D eigenvalue weighted by Crippen LogP contribution is 2.31. The quantitative estimate of drug-likeness (QED) is 0.797. The van der Waals surface area contributed by atoms with E-state index >= 15 is 0 Å². The zero-order valence-corrected chi connectivity index (χ0v) is 14.8. The first-order chi connectivity index (χ1) is 11.0. The molecule has 5 nitrogen and oxygen atoms in total. The lowest BCUT2D eigenvalue weighted by molar-refractivity contribution is -0.925. The predicted molar refractivity (Wildman–Crippen MR) is 90.0 cm³/mol. The number of nitrogens with one attached hydrogen (secondary N) is 1. The summed E-state index contributed by atoms with van der Waals surface area (Å²) in [5.41, 5.74) is 1.37. The Morgan fingerprint density at radius 1 is 1.26 bits per heavy atom. The molecule has 1 aromatic rings. The molecule has 1 N–H and O–H groups in total. The van der Waals surface area contributed by atoms with Crippen LogP contribution in [0.25, 0.3) is 0 Å². The van der Waals surface area contributed by atoms with Crippen molar-refractivity contribution in [2.75, 3.05) is 37.7 Å². The molecule has 0 saturated carbocycles. The average Bonchev–Trinajstić information content (AvgIpc) is 3.20. The van der Waals surface area contributed by atoms with Crippen LogP contribution in [0, 0.1) is 0 Å². The monoisotopic (exact) mass is 355 g/mol. The van der Waals surface area contributed by atoms with E-state index in [0.717, 1.165) is 50.3 Å². The summed E-state index contributed by atoms with van der Waals surface area (Å²) >= 11 is 1.67. The summed E-state index contributed by atoms with van der Waals surface area (Å²) in [5.74, 6) is 0.834.